The highest BCUT2D eigenvalue weighted by Crippen LogP contribution is 2.27. The summed E-state index contributed by atoms with van der Waals surface area (Å²) in [7, 11) is 0. The minimum absolute atomic E-state index is 0.105. The van der Waals surface area contributed by atoms with E-state index in [1.54, 1.807) is 6.92 Å². The largest absolute Gasteiger partial charge is 0.465 e. The first-order valence-electron chi connectivity index (χ1n) is 2.97. The molecule has 3 heteroatoms. The molecule has 0 aliphatic carbocycles. The molecule has 0 spiro atoms. The summed E-state index contributed by atoms with van der Waals surface area (Å²) in [5.41, 5.74) is -0.611. The molecule has 1 atom stereocenters. The van der Waals surface area contributed by atoms with Crippen LogP contribution in [0, 0.1) is 5.41 Å². The Morgan fingerprint density at radius 2 is 2.56 bits per heavy atom. The molecule has 0 aromatic carbocycles. The van der Waals surface area contributed by atoms with E-state index in [0.717, 1.165) is 0 Å². The van der Waals surface area contributed by atoms with Gasteiger partial charge in [0.2, 0.25) is 0 Å². The summed E-state index contributed by atoms with van der Waals surface area (Å²) in [5.74, 6) is -0.273. The maximum absolute atomic E-state index is 10.7. The fourth-order valence-corrected chi connectivity index (χ4v) is 0.789. The van der Waals surface area contributed by atoms with Gasteiger partial charge in [0.05, 0.1) is 18.6 Å². The van der Waals surface area contributed by atoms with Gasteiger partial charge in [0.15, 0.2) is 0 Å². The third kappa shape index (κ3) is 0.920. The Hall–Kier alpha value is -0.570. The van der Waals surface area contributed by atoms with Gasteiger partial charge in [0, 0.05) is 0 Å². The standard InChI is InChI=1S/C6H10O3/c1-6(4-7)2-3-9-5(6)8/h7H,2-4H2,1H3/t6-/m0/s1. The normalized spacial score (nSPS) is 34.7. The molecular weight excluding hydrogens is 120 g/mol. The smallest absolute Gasteiger partial charge is 0.314 e. The lowest BCUT2D eigenvalue weighted by molar-refractivity contribution is -0.147. The average Bonchev–Trinajstić information content (AvgIpc) is 2.15. The highest BCUT2D eigenvalue weighted by Gasteiger charge is 2.39. The van der Waals surface area contributed by atoms with Crippen molar-refractivity contribution >= 4 is 5.97 Å². The van der Waals surface area contributed by atoms with Gasteiger partial charge in [0.1, 0.15) is 0 Å². The number of carbonyl (C=O) groups excluding carboxylic acids is 1. The molecule has 0 radical (unpaired) electrons. The topological polar surface area (TPSA) is 46.5 Å². The predicted molar refractivity (Wildman–Crippen MR) is 30.8 cm³/mol. The molecule has 0 saturated carbocycles. The average molecular weight is 130 g/mol. The van der Waals surface area contributed by atoms with Crippen LogP contribution in [0.25, 0.3) is 0 Å². The first-order valence-corrected chi connectivity index (χ1v) is 2.97. The summed E-state index contributed by atoms with van der Waals surface area (Å²) in [6, 6.07) is 0. The molecule has 1 N–H and O–H groups in total. The summed E-state index contributed by atoms with van der Waals surface area (Å²) < 4.78 is 4.66. The molecule has 0 unspecified atom stereocenters. The van der Waals surface area contributed by atoms with Gasteiger partial charge in [-0.15, -0.1) is 0 Å². The third-order valence-electron chi connectivity index (χ3n) is 1.73. The summed E-state index contributed by atoms with van der Waals surface area (Å²) >= 11 is 0. The fourth-order valence-electron chi connectivity index (χ4n) is 0.789. The summed E-state index contributed by atoms with van der Waals surface area (Å²) in [6.07, 6.45) is 0.641. The summed E-state index contributed by atoms with van der Waals surface area (Å²) in [4.78, 5) is 10.7. The monoisotopic (exact) mass is 130 g/mol. The van der Waals surface area contributed by atoms with Crippen LogP contribution in [0.5, 0.6) is 0 Å². The second-order valence-corrected chi connectivity index (χ2v) is 2.60. The highest BCUT2D eigenvalue weighted by atomic mass is 16.5. The van der Waals surface area contributed by atoms with E-state index in [1.165, 1.54) is 0 Å². The lowest BCUT2D eigenvalue weighted by Gasteiger charge is -2.13. The van der Waals surface area contributed by atoms with Gasteiger partial charge >= 0.3 is 5.97 Å². The van der Waals surface area contributed by atoms with Gasteiger partial charge in [-0.25, -0.2) is 0 Å². The second kappa shape index (κ2) is 1.99. The van der Waals surface area contributed by atoms with Crippen LogP contribution in [0.1, 0.15) is 13.3 Å². The number of aliphatic hydroxyl groups is 1. The van der Waals surface area contributed by atoms with Crippen molar-refractivity contribution in [2.45, 2.75) is 13.3 Å². The second-order valence-electron chi connectivity index (χ2n) is 2.60. The highest BCUT2D eigenvalue weighted by molar-refractivity contribution is 5.78. The number of ether oxygens (including phenoxy) is 1. The van der Waals surface area contributed by atoms with Crippen molar-refractivity contribution < 1.29 is 14.6 Å². The van der Waals surface area contributed by atoms with Crippen LogP contribution in [0.15, 0.2) is 0 Å². The van der Waals surface area contributed by atoms with E-state index >= 15 is 0 Å². The number of rotatable bonds is 1. The van der Waals surface area contributed by atoms with E-state index in [-0.39, 0.29) is 12.6 Å². The van der Waals surface area contributed by atoms with Crippen LogP contribution in [0.3, 0.4) is 0 Å². The molecule has 3 nitrogen and oxygen atoms in total. The molecular formula is C6H10O3. The van der Waals surface area contributed by atoms with Crippen molar-refractivity contribution in [3.05, 3.63) is 0 Å². The fraction of sp³-hybridized carbons (Fsp3) is 0.833. The Morgan fingerprint density at radius 1 is 1.89 bits per heavy atom. The zero-order chi connectivity index (χ0) is 6.91. The Labute approximate surface area is 53.6 Å². The zero-order valence-corrected chi connectivity index (χ0v) is 5.39. The van der Waals surface area contributed by atoms with Crippen molar-refractivity contribution in [2.75, 3.05) is 13.2 Å². The van der Waals surface area contributed by atoms with Crippen LogP contribution in [0.2, 0.25) is 0 Å². The van der Waals surface area contributed by atoms with Crippen molar-refractivity contribution in [3.63, 3.8) is 0 Å². The van der Waals surface area contributed by atoms with E-state index in [1.807, 2.05) is 0 Å². The van der Waals surface area contributed by atoms with Gasteiger partial charge in [0.25, 0.3) is 0 Å². The first-order chi connectivity index (χ1) is 4.19. The number of aliphatic hydroxyl groups excluding tert-OH is 1. The molecule has 1 aliphatic rings. The van der Waals surface area contributed by atoms with Crippen LogP contribution >= 0.6 is 0 Å². The zero-order valence-electron chi connectivity index (χ0n) is 5.39. The molecule has 0 aromatic rings. The summed E-state index contributed by atoms with van der Waals surface area (Å²) in [6.45, 7) is 2.06. The van der Waals surface area contributed by atoms with Crippen molar-refractivity contribution in [1.29, 1.82) is 0 Å². The molecule has 0 amide bonds. The van der Waals surface area contributed by atoms with Crippen molar-refractivity contribution in [1.82, 2.24) is 0 Å². The van der Waals surface area contributed by atoms with Gasteiger partial charge in [-0.05, 0) is 13.3 Å². The van der Waals surface area contributed by atoms with Crippen molar-refractivity contribution in [2.24, 2.45) is 5.41 Å². The Morgan fingerprint density at radius 3 is 2.78 bits per heavy atom. The minimum Gasteiger partial charge on any atom is -0.465 e. The van der Waals surface area contributed by atoms with Gasteiger partial charge in [-0.3, -0.25) is 4.79 Å². The van der Waals surface area contributed by atoms with Crippen LogP contribution in [0.4, 0.5) is 0 Å². The van der Waals surface area contributed by atoms with Gasteiger partial charge in [-0.2, -0.15) is 0 Å². The van der Waals surface area contributed by atoms with E-state index in [2.05, 4.69) is 4.74 Å². The lowest BCUT2D eigenvalue weighted by Crippen LogP contribution is -2.26. The van der Waals surface area contributed by atoms with E-state index in [0.29, 0.717) is 13.0 Å². The van der Waals surface area contributed by atoms with Gasteiger partial charge in [-0.1, -0.05) is 0 Å². The maximum atomic E-state index is 10.7. The van der Waals surface area contributed by atoms with Crippen LogP contribution in [-0.4, -0.2) is 24.3 Å². The molecule has 1 rings (SSSR count). The predicted octanol–water partition coefficient (Wildman–Crippen LogP) is -0.0681. The van der Waals surface area contributed by atoms with E-state index < -0.39 is 5.41 Å². The number of esters is 1. The Balaban J connectivity index is 2.67. The van der Waals surface area contributed by atoms with Crippen molar-refractivity contribution in [3.8, 4) is 0 Å². The molecule has 0 bridgehead atoms. The number of hydrogen-bond donors (Lipinski definition) is 1. The molecule has 0 aromatic heterocycles. The maximum Gasteiger partial charge on any atom is 0.314 e. The first kappa shape index (κ1) is 6.55. The molecule has 1 fully saturated rings. The quantitative estimate of drug-likeness (QED) is 0.505. The number of hydrogen-bond acceptors (Lipinski definition) is 3. The Bertz CT molecular complexity index is 132. The third-order valence-corrected chi connectivity index (χ3v) is 1.73. The molecule has 1 aliphatic heterocycles. The SMILES string of the molecule is C[C@@]1(CO)CCOC1=O. The number of cyclic esters (lactones) is 1. The minimum atomic E-state index is -0.611. The Kier molecular flexibility index (Phi) is 1.45. The van der Waals surface area contributed by atoms with Gasteiger partial charge < -0.3 is 9.84 Å². The molecule has 52 valence electrons. The van der Waals surface area contributed by atoms with E-state index in [9.17, 15) is 4.79 Å². The van der Waals surface area contributed by atoms with Crippen LogP contribution in [-0.2, 0) is 9.53 Å². The van der Waals surface area contributed by atoms with E-state index in [4.69, 9.17) is 5.11 Å². The summed E-state index contributed by atoms with van der Waals surface area (Å²) in [5, 5.41) is 8.69. The molecule has 1 heterocycles. The molecule has 1 saturated heterocycles. The van der Waals surface area contributed by atoms with Crippen LogP contribution < -0.4 is 0 Å². The lowest BCUT2D eigenvalue weighted by atomic mass is 9.91. The molecule has 9 heavy (non-hydrogen) atoms. The number of carbonyl (C=O) groups is 1.